The first-order valence-corrected chi connectivity index (χ1v) is 4.33. The van der Waals surface area contributed by atoms with Gasteiger partial charge in [-0.05, 0) is 25.0 Å². The van der Waals surface area contributed by atoms with E-state index in [1.807, 2.05) is 12.1 Å². The monoisotopic (exact) mass is 214 g/mol. The minimum Gasteiger partial charge on any atom is -0.330 e. The SMILES string of the molecule is CC(=O)C(CN)Cc1cccnc1.Cl. The fraction of sp³-hybridized carbons (Fsp3) is 0.400. The van der Waals surface area contributed by atoms with E-state index < -0.39 is 0 Å². The molecule has 0 fully saturated rings. The Morgan fingerprint density at radius 2 is 2.36 bits per heavy atom. The number of pyridine rings is 1. The average Bonchev–Trinajstić information content (AvgIpc) is 2.15. The molecule has 78 valence electrons. The quantitative estimate of drug-likeness (QED) is 0.820. The highest BCUT2D eigenvalue weighted by Gasteiger charge is 2.12. The molecule has 2 N–H and O–H groups in total. The van der Waals surface area contributed by atoms with E-state index in [2.05, 4.69) is 4.98 Å². The van der Waals surface area contributed by atoms with Crippen LogP contribution in [0.15, 0.2) is 24.5 Å². The zero-order valence-corrected chi connectivity index (χ0v) is 8.96. The van der Waals surface area contributed by atoms with Crippen LogP contribution in [-0.4, -0.2) is 17.3 Å². The van der Waals surface area contributed by atoms with Crippen molar-refractivity contribution in [3.8, 4) is 0 Å². The lowest BCUT2D eigenvalue weighted by atomic mass is 9.97. The molecule has 1 atom stereocenters. The van der Waals surface area contributed by atoms with Crippen LogP contribution in [0.5, 0.6) is 0 Å². The highest BCUT2D eigenvalue weighted by Crippen LogP contribution is 2.06. The van der Waals surface area contributed by atoms with E-state index in [4.69, 9.17) is 5.73 Å². The molecule has 0 aliphatic heterocycles. The molecule has 3 nitrogen and oxygen atoms in total. The summed E-state index contributed by atoms with van der Waals surface area (Å²) in [5, 5.41) is 0. The summed E-state index contributed by atoms with van der Waals surface area (Å²) < 4.78 is 0. The van der Waals surface area contributed by atoms with Gasteiger partial charge in [0.1, 0.15) is 5.78 Å². The fourth-order valence-electron chi connectivity index (χ4n) is 1.20. The van der Waals surface area contributed by atoms with Crippen molar-refractivity contribution < 1.29 is 4.79 Å². The van der Waals surface area contributed by atoms with Crippen molar-refractivity contribution in [2.45, 2.75) is 13.3 Å². The molecular formula is C10H15ClN2O. The first-order valence-electron chi connectivity index (χ1n) is 4.33. The predicted octanol–water partition coefficient (Wildman–Crippen LogP) is 1.21. The van der Waals surface area contributed by atoms with Crippen molar-refractivity contribution in [3.05, 3.63) is 30.1 Å². The summed E-state index contributed by atoms with van der Waals surface area (Å²) in [6.45, 7) is 1.98. The Kier molecular flexibility index (Phi) is 6.08. The summed E-state index contributed by atoms with van der Waals surface area (Å²) in [6.07, 6.45) is 4.18. The van der Waals surface area contributed by atoms with Crippen LogP contribution in [0.1, 0.15) is 12.5 Å². The van der Waals surface area contributed by atoms with Gasteiger partial charge in [0.2, 0.25) is 0 Å². The smallest absolute Gasteiger partial charge is 0.134 e. The van der Waals surface area contributed by atoms with Gasteiger partial charge >= 0.3 is 0 Å². The molecule has 14 heavy (non-hydrogen) atoms. The zero-order chi connectivity index (χ0) is 9.68. The van der Waals surface area contributed by atoms with Crippen molar-refractivity contribution in [2.75, 3.05) is 6.54 Å². The number of aromatic nitrogens is 1. The van der Waals surface area contributed by atoms with Crippen molar-refractivity contribution in [1.29, 1.82) is 0 Å². The standard InChI is InChI=1S/C10H14N2O.ClH/c1-8(13)10(6-11)5-9-3-2-4-12-7-9;/h2-4,7,10H,5-6,11H2,1H3;1H. The predicted molar refractivity (Wildman–Crippen MR) is 58.4 cm³/mol. The number of rotatable bonds is 4. The number of nitrogens with zero attached hydrogens (tertiary/aromatic N) is 1. The molecule has 0 aliphatic carbocycles. The first-order chi connectivity index (χ1) is 6.24. The number of halogens is 1. The lowest BCUT2D eigenvalue weighted by molar-refractivity contribution is -0.120. The molecule has 0 radical (unpaired) electrons. The molecule has 1 aromatic heterocycles. The zero-order valence-electron chi connectivity index (χ0n) is 8.14. The number of carbonyl (C=O) groups excluding carboxylic acids is 1. The van der Waals surface area contributed by atoms with E-state index in [1.165, 1.54) is 0 Å². The third-order valence-electron chi connectivity index (χ3n) is 2.06. The molecule has 4 heteroatoms. The van der Waals surface area contributed by atoms with Gasteiger partial charge in [0.15, 0.2) is 0 Å². The number of carbonyl (C=O) groups is 1. The van der Waals surface area contributed by atoms with E-state index in [1.54, 1.807) is 19.3 Å². The van der Waals surface area contributed by atoms with Gasteiger partial charge in [0.05, 0.1) is 0 Å². The fourth-order valence-corrected chi connectivity index (χ4v) is 1.20. The molecule has 1 rings (SSSR count). The Morgan fingerprint density at radius 3 is 2.79 bits per heavy atom. The third kappa shape index (κ3) is 3.85. The summed E-state index contributed by atoms with van der Waals surface area (Å²) in [6, 6.07) is 3.82. The minimum atomic E-state index is -0.0656. The number of hydrogen-bond donors (Lipinski definition) is 1. The van der Waals surface area contributed by atoms with E-state index in [0.717, 1.165) is 5.56 Å². The number of hydrogen-bond acceptors (Lipinski definition) is 3. The van der Waals surface area contributed by atoms with Gasteiger partial charge in [-0.25, -0.2) is 0 Å². The van der Waals surface area contributed by atoms with Gasteiger partial charge in [-0.15, -0.1) is 12.4 Å². The minimum absolute atomic E-state index is 0. The summed E-state index contributed by atoms with van der Waals surface area (Å²) in [7, 11) is 0. The molecule has 0 saturated carbocycles. The summed E-state index contributed by atoms with van der Waals surface area (Å²) in [5.41, 5.74) is 6.54. The largest absolute Gasteiger partial charge is 0.330 e. The normalized spacial score (nSPS) is 11.6. The van der Waals surface area contributed by atoms with Gasteiger partial charge in [-0.2, -0.15) is 0 Å². The van der Waals surface area contributed by atoms with Crippen LogP contribution in [0.2, 0.25) is 0 Å². The number of Topliss-reactive ketones (excluding diaryl/α,β-unsaturated/α-hetero) is 1. The van der Waals surface area contributed by atoms with Crippen LogP contribution in [0.4, 0.5) is 0 Å². The van der Waals surface area contributed by atoms with E-state index in [0.29, 0.717) is 13.0 Å². The second kappa shape index (κ2) is 6.51. The molecule has 1 aromatic rings. The molecular weight excluding hydrogens is 200 g/mol. The van der Waals surface area contributed by atoms with E-state index in [9.17, 15) is 4.79 Å². The van der Waals surface area contributed by atoms with Crippen molar-refractivity contribution in [1.82, 2.24) is 4.98 Å². The maximum absolute atomic E-state index is 11.1. The summed E-state index contributed by atoms with van der Waals surface area (Å²) >= 11 is 0. The summed E-state index contributed by atoms with van der Waals surface area (Å²) in [4.78, 5) is 15.1. The molecule has 0 aliphatic rings. The number of ketones is 1. The molecule has 0 bridgehead atoms. The first kappa shape index (κ1) is 13.1. The van der Waals surface area contributed by atoms with Crippen LogP contribution >= 0.6 is 12.4 Å². The maximum Gasteiger partial charge on any atom is 0.134 e. The molecule has 1 heterocycles. The molecule has 0 aromatic carbocycles. The topological polar surface area (TPSA) is 56.0 Å². The van der Waals surface area contributed by atoms with Crippen molar-refractivity contribution in [2.24, 2.45) is 11.7 Å². The highest BCUT2D eigenvalue weighted by atomic mass is 35.5. The number of nitrogens with two attached hydrogens (primary N) is 1. The molecule has 1 unspecified atom stereocenters. The molecule has 0 spiro atoms. The Bertz CT molecular complexity index is 277. The Morgan fingerprint density at radius 1 is 1.64 bits per heavy atom. The molecule has 0 saturated heterocycles. The van der Waals surface area contributed by atoms with Gasteiger partial charge in [-0.1, -0.05) is 6.07 Å². The van der Waals surface area contributed by atoms with E-state index >= 15 is 0 Å². The van der Waals surface area contributed by atoms with Gasteiger partial charge < -0.3 is 5.73 Å². The second-order valence-electron chi connectivity index (χ2n) is 3.11. The van der Waals surface area contributed by atoms with Gasteiger partial charge in [0.25, 0.3) is 0 Å². The lowest BCUT2D eigenvalue weighted by Crippen LogP contribution is -2.23. The van der Waals surface area contributed by atoms with Crippen LogP contribution in [0.25, 0.3) is 0 Å². The van der Waals surface area contributed by atoms with Crippen LogP contribution in [0.3, 0.4) is 0 Å². The Balaban J connectivity index is 0.00000169. The van der Waals surface area contributed by atoms with Gasteiger partial charge in [-0.3, -0.25) is 9.78 Å². The van der Waals surface area contributed by atoms with Gasteiger partial charge in [0, 0.05) is 24.9 Å². The van der Waals surface area contributed by atoms with Crippen LogP contribution in [0, 0.1) is 5.92 Å². The van der Waals surface area contributed by atoms with Crippen LogP contribution in [-0.2, 0) is 11.2 Å². The summed E-state index contributed by atoms with van der Waals surface area (Å²) in [5.74, 6) is 0.0792. The lowest BCUT2D eigenvalue weighted by Gasteiger charge is -2.09. The van der Waals surface area contributed by atoms with Crippen molar-refractivity contribution in [3.63, 3.8) is 0 Å². The molecule has 0 amide bonds. The van der Waals surface area contributed by atoms with Crippen LogP contribution < -0.4 is 5.73 Å². The third-order valence-corrected chi connectivity index (χ3v) is 2.06. The average molecular weight is 215 g/mol. The van der Waals surface area contributed by atoms with E-state index in [-0.39, 0.29) is 24.1 Å². The Hall–Kier alpha value is -0.930. The highest BCUT2D eigenvalue weighted by molar-refractivity contribution is 5.85. The maximum atomic E-state index is 11.1. The Labute approximate surface area is 90.1 Å². The second-order valence-corrected chi connectivity index (χ2v) is 3.11. The van der Waals surface area contributed by atoms with Crippen molar-refractivity contribution >= 4 is 18.2 Å².